The topological polar surface area (TPSA) is 20.3 Å². The molecule has 1 fully saturated rings. The maximum atomic E-state index is 11.1. The van der Waals surface area contributed by atoms with Gasteiger partial charge in [0.15, 0.2) is 0 Å². The molecule has 0 amide bonds. The van der Waals surface area contributed by atoms with E-state index in [0.29, 0.717) is 0 Å². The third-order valence-electron chi connectivity index (χ3n) is 2.32. The van der Waals surface area contributed by atoms with E-state index < -0.39 is 10.8 Å². The first-order valence-corrected chi connectivity index (χ1v) is 6.63. The summed E-state index contributed by atoms with van der Waals surface area (Å²) in [5.41, 5.74) is -0.176. The molecule has 3 heteroatoms. The third kappa shape index (κ3) is 3.81. The monoisotopic (exact) mass is 215 g/mol. The molecule has 1 rings (SSSR count). The van der Waals surface area contributed by atoms with Crippen molar-refractivity contribution in [3.8, 4) is 12.3 Å². The van der Waals surface area contributed by atoms with Crippen LogP contribution in [0.5, 0.6) is 0 Å². The fourth-order valence-corrected chi connectivity index (χ4v) is 2.34. The SMILES string of the molecule is C#CC(C)(C)N1CCS(=O)CC1.CC. The van der Waals surface area contributed by atoms with Gasteiger partial charge in [0.2, 0.25) is 0 Å². The number of hydrogen-bond acceptors (Lipinski definition) is 2. The van der Waals surface area contributed by atoms with Crippen molar-refractivity contribution in [2.45, 2.75) is 33.2 Å². The van der Waals surface area contributed by atoms with Crippen LogP contribution in [0.25, 0.3) is 0 Å². The van der Waals surface area contributed by atoms with Crippen molar-refractivity contribution in [3.05, 3.63) is 0 Å². The highest BCUT2D eigenvalue weighted by Gasteiger charge is 2.27. The Labute approximate surface area is 90.5 Å². The van der Waals surface area contributed by atoms with Crippen molar-refractivity contribution in [2.75, 3.05) is 24.6 Å². The fraction of sp³-hybridized carbons (Fsp3) is 0.818. The molecule has 0 radical (unpaired) electrons. The Morgan fingerprint density at radius 2 is 1.71 bits per heavy atom. The molecule has 1 saturated heterocycles. The molecule has 0 bridgehead atoms. The second-order valence-electron chi connectivity index (χ2n) is 3.54. The summed E-state index contributed by atoms with van der Waals surface area (Å²) in [6.45, 7) is 9.79. The molecule has 0 aromatic rings. The van der Waals surface area contributed by atoms with Gasteiger partial charge in [-0.25, -0.2) is 0 Å². The van der Waals surface area contributed by atoms with E-state index in [1.54, 1.807) is 0 Å². The van der Waals surface area contributed by atoms with E-state index in [-0.39, 0.29) is 5.54 Å². The van der Waals surface area contributed by atoms with Crippen LogP contribution in [0.1, 0.15) is 27.7 Å². The van der Waals surface area contributed by atoms with Crippen LogP contribution >= 0.6 is 0 Å². The molecule has 0 aromatic carbocycles. The molecule has 2 nitrogen and oxygen atoms in total. The average molecular weight is 215 g/mol. The standard InChI is InChI=1S/C9H15NOS.C2H6/c1-4-9(2,3)10-5-7-12(11)8-6-10;1-2/h1H,5-8H2,2-3H3;1-2H3. The Morgan fingerprint density at radius 1 is 1.29 bits per heavy atom. The normalized spacial score (nSPS) is 19.4. The lowest BCUT2D eigenvalue weighted by Crippen LogP contribution is -2.49. The van der Waals surface area contributed by atoms with Gasteiger partial charge in [-0.1, -0.05) is 19.8 Å². The molecule has 0 N–H and O–H groups in total. The second kappa shape index (κ2) is 6.21. The van der Waals surface area contributed by atoms with Crippen molar-refractivity contribution in [1.82, 2.24) is 4.90 Å². The van der Waals surface area contributed by atoms with Gasteiger partial charge in [-0.3, -0.25) is 9.11 Å². The highest BCUT2D eigenvalue weighted by atomic mass is 32.2. The van der Waals surface area contributed by atoms with Gasteiger partial charge in [0.1, 0.15) is 0 Å². The molecule has 0 spiro atoms. The summed E-state index contributed by atoms with van der Waals surface area (Å²) in [6, 6.07) is 0. The van der Waals surface area contributed by atoms with Gasteiger partial charge in [0.25, 0.3) is 0 Å². The van der Waals surface area contributed by atoms with E-state index in [9.17, 15) is 4.21 Å². The quantitative estimate of drug-likeness (QED) is 0.618. The summed E-state index contributed by atoms with van der Waals surface area (Å²) < 4.78 is 11.1. The van der Waals surface area contributed by atoms with Crippen molar-refractivity contribution in [2.24, 2.45) is 0 Å². The van der Waals surface area contributed by atoms with Gasteiger partial charge < -0.3 is 0 Å². The Kier molecular flexibility index (Phi) is 6.06. The van der Waals surface area contributed by atoms with Crippen molar-refractivity contribution >= 4 is 10.8 Å². The largest absolute Gasteiger partial charge is 0.286 e. The van der Waals surface area contributed by atoms with Crippen molar-refractivity contribution in [3.63, 3.8) is 0 Å². The van der Waals surface area contributed by atoms with Gasteiger partial charge in [-0.05, 0) is 13.8 Å². The summed E-state index contributed by atoms with van der Waals surface area (Å²) in [6.07, 6.45) is 5.40. The zero-order valence-electron chi connectivity index (χ0n) is 9.67. The first-order chi connectivity index (χ1) is 6.56. The lowest BCUT2D eigenvalue weighted by molar-refractivity contribution is 0.187. The predicted molar refractivity (Wildman–Crippen MR) is 63.7 cm³/mol. The molecule has 82 valence electrons. The van der Waals surface area contributed by atoms with Crippen LogP contribution in [-0.4, -0.2) is 39.2 Å². The Hall–Kier alpha value is -0.330. The van der Waals surface area contributed by atoms with Crippen LogP contribution in [-0.2, 0) is 10.8 Å². The van der Waals surface area contributed by atoms with Gasteiger partial charge >= 0.3 is 0 Å². The summed E-state index contributed by atoms with van der Waals surface area (Å²) in [7, 11) is -0.608. The van der Waals surface area contributed by atoms with Crippen LogP contribution in [0.2, 0.25) is 0 Å². The molecule has 0 atom stereocenters. The number of terminal acetylenes is 1. The van der Waals surface area contributed by atoms with E-state index >= 15 is 0 Å². The molecule has 1 aliphatic rings. The maximum Gasteiger partial charge on any atom is 0.0766 e. The van der Waals surface area contributed by atoms with E-state index in [1.165, 1.54) is 0 Å². The van der Waals surface area contributed by atoms with Crippen LogP contribution in [0.4, 0.5) is 0 Å². The van der Waals surface area contributed by atoms with Gasteiger partial charge in [-0.15, -0.1) is 6.42 Å². The van der Waals surface area contributed by atoms with Crippen molar-refractivity contribution < 1.29 is 4.21 Å². The minimum Gasteiger partial charge on any atom is -0.286 e. The smallest absolute Gasteiger partial charge is 0.0766 e. The van der Waals surface area contributed by atoms with Gasteiger partial charge in [-0.2, -0.15) is 0 Å². The molecular formula is C11H21NOS. The minimum atomic E-state index is -0.608. The summed E-state index contributed by atoms with van der Waals surface area (Å²) >= 11 is 0. The number of hydrogen-bond donors (Lipinski definition) is 0. The van der Waals surface area contributed by atoms with Crippen LogP contribution in [0, 0.1) is 12.3 Å². The van der Waals surface area contributed by atoms with E-state index in [4.69, 9.17) is 6.42 Å². The van der Waals surface area contributed by atoms with Crippen LogP contribution < -0.4 is 0 Å². The van der Waals surface area contributed by atoms with Gasteiger partial charge in [0, 0.05) is 35.4 Å². The Morgan fingerprint density at radius 3 is 2.07 bits per heavy atom. The van der Waals surface area contributed by atoms with E-state index in [0.717, 1.165) is 24.6 Å². The molecular weight excluding hydrogens is 194 g/mol. The van der Waals surface area contributed by atoms with Crippen LogP contribution in [0.3, 0.4) is 0 Å². The predicted octanol–water partition coefficient (Wildman–Crippen LogP) is 1.49. The zero-order chi connectivity index (χ0) is 11.2. The lowest BCUT2D eigenvalue weighted by Gasteiger charge is -2.36. The third-order valence-corrected chi connectivity index (χ3v) is 3.60. The molecule has 1 heterocycles. The first-order valence-electron chi connectivity index (χ1n) is 5.14. The average Bonchev–Trinajstić information content (AvgIpc) is 2.21. The molecule has 1 aliphatic heterocycles. The van der Waals surface area contributed by atoms with Crippen LogP contribution in [0.15, 0.2) is 0 Å². The second-order valence-corrected chi connectivity index (χ2v) is 5.23. The minimum absolute atomic E-state index is 0.176. The highest BCUT2D eigenvalue weighted by molar-refractivity contribution is 7.85. The summed E-state index contributed by atoms with van der Waals surface area (Å²) in [5, 5.41) is 0. The molecule has 0 unspecified atom stereocenters. The molecule has 0 saturated carbocycles. The highest BCUT2D eigenvalue weighted by Crippen LogP contribution is 2.15. The number of rotatable bonds is 1. The summed E-state index contributed by atoms with van der Waals surface area (Å²) in [4.78, 5) is 2.22. The number of nitrogens with zero attached hydrogens (tertiary/aromatic N) is 1. The Bertz CT molecular complexity index is 220. The molecule has 0 aliphatic carbocycles. The zero-order valence-corrected chi connectivity index (χ0v) is 10.5. The van der Waals surface area contributed by atoms with E-state index in [1.807, 2.05) is 27.7 Å². The summed E-state index contributed by atoms with van der Waals surface area (Å²) in [5.74, 6) is 4.29. The first kappa shape index (κ1) is 13.7. The fourth-order valence-electron chi connectivity index (χ4n) is 1.29. The van der Waals surface area contributed by atoms with E-state index in [2.05, 4.69) is 10.8 Å². The van der Waals surface area contributed by atoms with Gasteiger partial charge in [0.05, 0.1) is 5.54 Å². The Balaban J connectivity index is 0.000000791. The molecule has 14 heavy (non-hydrogen) atoms. The van der Waals surface area contributed by atoms with Crippen molar-refractivity contribution in [1.29, 1.82) is 0 Å². The lowest BCUT2D eigenvalue weighted by atomic mass is 10.0. The maximum absolute atomic E-state index is 11.1. The molecule has 0 aromatic heterocycles.